The Bertz CT molecular complexity index is 629. The summed E-state index contributed by atoms with van der Waals surface area (Å²) in [6.07, 6.45) is -9.53. The number of carbonyl (C=O) groups excluding carboxylic acids is 3. The highest BCUT2D eigenvalue weighted by Gasteiger charge is 2.37. The molecule has 230 valence electrons. The average molecular weight is 571 g/mol. The maximum Gasteiger partial charge on any atom is 0.392 e. The van der Waals surface area contributed by atoms with Crippen LogP contribution in [0.4, 0.5) is 26.3 Å². The lowest BCUT2D eigenvalue weighted by atomic mass is 10.1. The van der Waals surface area contributed by atoms with Crippen molar-refractivity contribution >= 4 is 17.7 Å². The predicted molar refractivity (Wildman–Crippen MR) is 134 cm³/mol. The van der Waals surface area contributed by atoms with E-state index in [2.05, 4.69) is 4.74 Å². The monoisotopic (exact) mass is 570 g/mol. The van der Waals surface area contributed by atoms with Gasteiger partial charge in [0, 0.05) is 13.0 Å². The van der Waals surface area contributed by atoms with Crippen LogP contribution in [0.1, 0.15) is 95.9 Å². The third kappa shape index (κ3) is 34.1. The van der Waals surface area contributed by atoms with Gasteiger partial charge in [0.15, 0.2) is 0 Å². The molecular weight excluding hydrogens is 522 g/mol. The van der Waals surface area contributed by atoms with Gasteiger partial charge in [0.25, 0.3) is 0 Å². The SMILES string of the molecule is CC(=O)CC(C)C(F)(F)F.CC(C)OC(=O)C(C)C.CC(C)OC(=O)CC(C)C(F)(F)F.CCOC(C)C. The smallest absolute Gasteiger partial charge is 0.392 e. The van der Waals surface area contributed by atoms with Crippen LogP contribution < -0.4 is 0 Å². The topological polar surface area (TPSA) is 78.9 Å². The van der Waals surface area contributed by atoms with Crippen LogP contribution >= 0.6 is 0 Å². The van der Waals surface area contributed by atoms with Crippen molar-refractivity contribution in [1.82, 2.24) is 0 Å². The Balaban J connectivity index is -0.000000210. The molecule has 0 saturated heterocycles. The Hall–Kier alpha value is -1.85. The van der Waals surface area contributed by atoms with Gasteiger partial charge in [-0.2, -0.15) is 26.3 Å². The van der Waals surface area contributed by atoms with Crippen molar-refractivity contribution in [1.29, 1.82) is 0 Å². The highest BCUT2D eigenvalue weighted by atomic mass is 19.4. The minimum absolute atomic E-state index is 0.00704. The van der Waals surface area contributed by atoms with Gasteiger partial charge in [0.2, 0.25) is 0 Å². The molecule has 0 aliphatic rings. The van der Waals surface area contributed by atoms with Crippen LogP contribution in [0, 0.1) is 17.8 Å². The van der Waals surface area contributed by atoms with E-state index in [4.69, 9.17) is 9.47 Å². The van der Waals surface area contributed by atoms with Crippen molar-refractivity contribution in [2.24, 2.45) is 17.8 Å². The molecule has 6 nitrogen and oxygen atoms in total. The molecule has 0 bridgehead atoms. The molecule has 0 aromatic heterocycles. The first-order chi connectivity index (χ1) is 16.9. The van der Waals surface area contributed by atoms with E-state index >= 15 is 0 Å². The normalized spacial score (nSPS) is 12.9. The summed E-state index contributed by atoms with van der Waals surface area (Å²) in [6.45, 7) is 20.5. The molecule has 38 heavy (non-hydrogen) atoms. The van der Waals surface area contributed by atoms with Crippen LogP contribution in [-0.4, -0.2) is 55.0 Å². The van der Waals surface area contributed by atoms with E-state index in [0.29, 0.717) is 6.10 Å². The van der Waals surface area contributed by atoms with E-state index < -0.39 is 48.8 Å². The number of alkyl halides is 6. The molecule has 0 saturated carbocycles. The molecule has 0 aromatic rings. The van der Waals surface area contributed by atoms with Crippen molar-refractivity contribution in [3.63, 3.8) is 0 Å². The molecule has 0 spiro atoms. The number of Topliss-reactive ketones (excluding diaryl/α,β-unsaturated/α-hetero) is 1. The fraction of sp³-hybridized carbons (Fsp3) is 0.885. The molecule has 0 amide bonds. The standard InChI is InChI=1S/C8H13F3O2.C7H14O2.C6H9F3O.C5H12O/c1-5(2)13-7(12)4-6(3)8(9,10)11;1-5(2)7(8)9-6(3)4;1-4(3-5(2)10)6(7,8)9;1-4-6-5(2)3/h5-6H,4H2,1-3H3;5-6H,1-4H3;4H,3H2,1-2H3;5H,4H2,1-3H3. The molecule has 0 fully saturated rings. The lowest BCUT2D eigenvalue weighted by Crippen LogP contribution is -2.24. The number of halogens is 6. The summed E-state index contributed by atoms with van der Waals surface area (Å²) in [7, 11) is 0. The number of ether oxygens (including phenoxy) is 3. The van der Waals surface area contributed by atoms with Gasteiger partial charge in [0.1, 0.15) is 5.78 Å². The summed E-state index contributed by atoms with van der Waals surface area (Å²) >= 11 is 0. The van der Waals surface area contributed by atoms with Crippen LogP contribution in [0.2, 0.25) is 0 Å². The fourth-order valence-electron chi connectivity index (χ4n) is 1.93. The third-order valence-electron chi connectivity index (χ3n) is 3.87. The van der Waals surface area contributed by atoms with Crippen LogP contribution in [0.5, 0.6) is 0 Å². The minimum atomic E-state index is -4.32. The van der Waals surface area contributed by atoms with Crippen LogP contribution in [0.3, 0.4) is 0 Å². The summed E-state index contributed by atoms with van der Waals surface area (Å²) in [5.74, 6) is -4.51. The molecule has 0 aliphatic carbocycles. The summed E-state index contributed by atoms with van der Waals surface area (Å²) in [5.41, 5.74) is 0. The minimum Gasteiger partial charge on any atom is -0.463 e. The van der Waals surface area contributed by atoms with Crippen LogP contribution in [0.15, 0.2) is 0 Å². The highest BCUT2D eigenvalue weighted by molar-refractivity contribution is 5.75. The third-order valence-corrected chi connectivity index (χ3v) is 3.87. The fourth-order valence-corrected chi connectivity index (χ4v) is 1.93. The second kappa shape index (κ2) is 22.0. The molecule has 0 N–H and O–H groups in total. The molecule has 0 radical (unpaired) electrons. The van der Waals surface area contributed by atoms with E-state index in [0.717, 1.165) is 27.4 Å². The number of esters is 2. The predicted octanol–water partition coefficient (Wildman–Crippen LogP) is 7.72. The Kier molecular flexibility index (Phi) is 25.0. The molecule has 12 heteroatoms. The van der Waals surface area contributed by atoms with Gasteiger partial charge >= 0.3 is 24.3 Å². The molecule has 0 aromatic carbocycles. The first kappa shape index (κ1) is 43.2. The van der Waals surface area contributed by atoms with Gasteiger partial charge in [-0.25, -0.2) is 0 Å². The average Bonchev–Trinajstić information content (AvgIpc) is 2.66. The van der Waals surface area contributed by atoms with E-state index in [1.54, 1.807) is 13.8 Å². The largest absolute Gasteiger partial charge is 0.463 e. The summed E-state index contributed by atoms with van der Waals surface area (Å²) in [4.78, 5) is 31.7. The zero-order chi connectivity index (χ0) is 31.4. The van der Waals surface area contributed by atoms with Crippen molar-refractivity contribution in [3.05, 3.63) is 0 Å². The zero-order valence-electron chi connectivity index (χ0n) is 24.8. The van der Waals surface area contributed by atoms with E-state index in [1.807, 2.05) is 48.5 Å². The van der Waals surface area contributed by atoms with Gasteiger partial charge in [-0.3, -0.25) is 9.59 Å². The van der Waals surface area contributed by atoms with Gasteiger partial charge in [-0.1, -0.05) is 27.7 Å². The Morgan fingerprint density at radius 2 is 1.00 bits per heavy atom. The first-order valence-corrected chi connectivity index (χ1v) is 12.5. The van der Waals surface area contributed by atoms with Gasteiger partial charge in [-0.15, -0.1) is 0 Å². The van der Waals surface area contributed by atoms with E-state index in [-0.39, 0.29) is 24.1 Å². The molecule has 0 aliphatic heterocycles. The van der Waals surface area contributed by atoms with Gasteiger partial charge in [0.05, 0.1) is 42.5 Å². The van der Waals surface area contributed by atoms with Crippen molar-refractivity contribution in [3.8, 4) is 0 Å². The lowest BCUT2D eigenvalue weighted by molar-refractivity contribution is -0.181. The maximum atomic E-state index is 11.9. The quantitative estimate of drug-likeness (QED) is 0.209. The van der Waals surface area contributed by atoms with Crippen molar-refractivity contribution in [2.45, 2.75) is 127 Å². The second-order valence-electron chi connectivity index (χ2n) is 9.68. The molecule has 2 unspecified atom stereocenters. The number of hydrogen-bond acceptors (Lipinski definition) is 6. The number of hydrogen-bond donors (Lipinski definition) is 0. The number of ketones is 1. The van der Waals surface area contributed by atoms with Gasteiger partial charge in [-0.05, 0) is 55.4 Å². The first-order valence-electron chi connectivity index (χ1n) is 12.5. The highest BCUT2D eigenvalue weighted by Crippen LogP contribution is 2.29. The summed E-state index contributed by atoms with van der Waals surface area (Å²) in [6, 6.07) is 0. The Labute approximate surface area is 224 Å². The second-order valence-corrected chi connectivity index (χ2v) is 9.68. The summed E-state index contributed by atoms with van der Waals surface area (Å²) < 4.78 is 85.3. The maximum absolute atomic E-state index is 11.9. The molecule has 0 heterocycles. The van der Waals surface area contributed by atoms with Crippen molar-refractivity contribution in [2.75, 3.05) is 6.61 Å². The molecule has 2 atom stereocenters. The Morgan fingerprint density at radius 3 is 1.16 bits per heavy atom. The number of rotatable bonds is 9. The van der Waals surface area contributed by atoms with Gasteiger partial charge < -0.3 is 19.0 Å². The van der Waals surface area contributed by atoms with Crippen LogP contribution in [-0.2, 0) is 28.6 Å². The van der Waals surface area contributed by atoms with E-state index in [9.17, 15) is 40.7 Å². The summed E-state index contributed by atoms with van der Waals surface area (Å²) in [5, 5.41) is 0. The van der Waals surface area contributed by atoms with E-state index in [1.165, 1.54) is 0 Å². The zero-order valence-corrected chi connectivity index (χ0v) is 24.8. The van der Waals surface area contributed by atoms with Crippen molar-refractivity contribution < 1.29 is 54.9 Å². The molecular formula is C26H48F6O6. The van der Waals surface area contributed by atoms with Crippen LogP contribution in [0.25, 0.3) is 0 Å². The Morgan fingerprint density at radius 1 is 0.632 bits per heavy atom. The molecule has 0 rings (SSSR count). The lowest BCUT2D eigenvalue weighted by Gasteiger charge is -2.15. The number of carbonyl (C=O) groups is 3.